The van der Waals surface area contributed by atoms with Crippen LogP contribution in [-0.2, 0) is 10.2 Å². The van der Waals surface area contributed by atoms with Crippen molar-refractivity contribution in [2.45, 2.75) is 5.41 Å². The molecule has 7 heteroatoms. The summed E-state index contributed by atoms with van der Waals surface area (Å²) >= 11 is 3.27. The molecule has 0 aliphatic carbocycles. The molecule has 0 radical (unpaired) electrons. The van der Waals surface area contributed by atoms with Crippen molar-refractivity contribution in [3.8, 4) is 5.75 Å². The van der Waals surface area contributed by atoms with Crippen LogP contribution in [0.2, 0.25) is 0 Å². The first-order valence-electron chi connectivity index (χ1n) is 8.90. The maximum atomic E-state index is 14.0. The van der Waals surface area contributed by atoms with E-state index in [1.807, 2.05) is 24.3 Å². The van der Waals surface area contributed by atoms with Crippen LogP contribution in [0.3, 0.4) is 0 Å². The summed E-state index contributed by atoms with van der Waals surface area (Å²) in [7, 11) is 3.41. The average Bonchev–Trinajstić information content (AvgIpc) is 2.90. The summed E-state index contributed by atoms with van der Waals surface area (Å²) in [5.74, 6) is 0.458. The second-order valence-electron chi connectivity index (χ2n) is 7.28. The fourth-order valence-electron chi connectivity index (χ4n) is 4.43. The van der Waals surface area contributed by atoms with Crippen molar-refractivity contribution in [2.24, 2.45) is 0 Å². The molecular weight excluding hydrogens is 425 g/mol. The van der Waals surface area contributed by atoms with Gasteiger partial charge in [-0.2, -0.15) is 0 Å². The second-order valence-corrected chi connectivity index (χ2v) is 8.13. The number of hydrogen-bond donors (Lipinski definition) is 0. The van der Waals surface area contributed by atoms with Gasteiger partial charge in [-0.3, -0.25) is 9.78 Å². The number of hydrogen-bond acceptors (Lipinski definition) is 4. The van der Waals surface area contributed by atoms with E-state index in [0.29, 0.717) is 23.1 Å². The van der Waals surface area contributed by atoms with Crippen molar-refractivity contribution in [1.29, 1.82) is 0 Å². The Hall–Kier alpha value is -2.67. The quantitative estimate of drug-likeness (QED) is 0.605. The smallest absolute Gasteiger partial charge is 0.241 e. The molecule has 0 bridgehead atoms. The molecule has 2 aromatic carbocycles. The predicted molar refractivity (Wildman–Crippen MR) is 110 cm³/mol. The molecule has 1 saturated heterocycles. The molecule has 1 fully saturated rings. The van der Waals surface area contributed by atoms with Crippen molar-refractivity contribution < 1.29 is 13.9 Å². The first kappa shape index (κ1) is 17.4. The van der Waals surface area contributed by atoms with E-state index in [-0.39, 0.29) is 11.7 Å². The minimum atomic E-state index is -0.663. The summed E-state index contributed by atoms with van der Waals surface area (Å²) in [5, 5.41) is 0.808. The van der Waals surface area contributed by atoms with Crippen LogP contribution in [0.25, 0.3) is 10.9 Å². The number of amides is 1. The summed E-state index contributed by atoms with van der Waals surface area (Å²) < 4.78 is 19.9. The minimum Gasteiger partial charge on any atom is -0.495 e. The third-order valence-electron chi connectivity index (χ3n) is 5.79. The third kappa shape index (κ3) is 2.16. The fraction of sp³-hybridized carbons (Fsp3) is 0.238. The number of ether oxygens (including phenoxy) is 1. The highest BCUT2D eigenvalue weighted by Gasteiger charge is 2.58. The van der Waals surface area contributed by atoms with Crippen molar-refractivity contribution in [3.05, 3.63) is 58.4 Å². The van der Waals surface area contributed by atoms with Crippen molar-refractivity contribution in [2.75, 3.05) is 37.0 Å². The highest BCUT2D eigenvalue weighted by atomic mass is 79.9. The molecule has 2 aliphatic rings. The molecule has 3 heterocycles. The molecule has 2 aliphatic heterocycles. The van der Waals surface area contributed by atoms with E-state index >= 15 is 0 Å². The van der Waals surface area contributed by atoms with Gasteiger partial charge in [0.2, 0.25) is 5.91 Å². The van der Waals surface area contributed by atoms with E-state index in [1.165, 1.54) is 6.07 Å². The van der Waals surface area contributed by atoms with E-state index in [2.05, 4.69) is 25.8 Å². The lowest BCUT2D eigenvalue weighted by molar-refractivity contribution is -0.123. The number of aromatic nitrogens is 1. The normalized spacial score (nSPS) is 17.2. The maximum absolute atomic E-state index is 14.0. The predicted octanol–water partition coefficient (Wildman–Crippen LogP) is 3.88. The summed E-state index contributed by atoms with van der Waals surface area (Å²) in [5.41, 5.74) is 2.57. The number of halogens is 2. The molecule has 0 atom stereocenters. The lowest BCUT2D eigenvalue weighted by atomic mass is 9.73. The highest BCUT2D eigenvalue weighted by Crippen LogP contribution is 2.51. The fourth-order valence-corrected chi connectivity index (χ4v) is 4.77. The molecule has 5 rings (SSSR count). The summed E-state index contributed by atoms with van der Waals surface area (Å²) in [6, 6.07) is 10.9. The van der Waals surface area contributed by atoms with Gasteiger partial charge in [0, 0.05) is 37.2 Å². The van der Waals surface area contributed by atoms with Gasteiger partial charge in [0.1, 0.15) is 17.0 Å². The molecule has 1 amide bonds. The average molecular weight is 442 g/mol. The summed E-state index contributed by atoms with van der Waals surface area (Å²) in [6.07, 6.45) is 1.67. The van der Waals surface area contributed by atoms with Gasteiger partial charge in [-0.1, -0.05) is 12.1 Å². The van der Waals surface area contributed by atoms with E-state index in [9.17, 15) is 9.18 Å². The van der Waals surface area contributed by atoms with Gasteiger partial charge in [-0.25, -0.2) is 4.39 Å². The molecule has 1 aromatic heterocycles. The van der Waals surface area contributed by atoms with Crippen LogP contribution >= 0.6 is 15.9 Å². The van der Waals surface area contributed by atoms with Crippen LogP contribution in [0.15, 0.2) is 47.1 Å². The van der Waals surface area contributed by atoms with E-state index in [0.717, 1.165) is 28.1 Å². The monoisotopic (exact) mass is 441 g/mol. The van der Waals surface area contributed by atoms with Crippen LogP contribution in [0.5, 0.6) is 5.75 Å². The number of methoxy groups -OCH3 is 1. The van der Waals surface area contributed by atoms with Crippen LogP contribution in [0.1, 0.15) is 5.56 Å². The largest absolute Gasteiger partial charge is 0.495 e. The Morgan fingerprint density at radius 2 is 1.96 bits per heavy atom. The zero-order valence-corrected chi connectivity index (χ0v) is 17.0. The molecule has 3 aromatic rings. The van der Waals surface area contributed by atoms with Crippen molar-refractivity contribution in [1.82, 2.24) is 4.98 Å². The molecule has 0 N–H and O–H groups in total. The Balaban J connectivity index is 1.65. The Bertz CT molecular complexity index is 1140. The van der Waals surface area contributed by atoms with Crippen LogP contribution in [0.4, 0.5) is 15.8 Å². The zero-order valence-electron chi connectivity index (χ0n) is 15.4. The van der Waals surface area contributed by atoms with Gasteiger partial charge in [0.15, 0.2) is 0 Å². The SMILES string of the molecule is COc1ccccc1N1CC2(C1)C(=O)N(C)c1cnc3cc(F)c(Br)cc3c12. The number of anilines is 2. The van der Waals surface area contributed by atoms with Gasteiger partial charge in [-0.05, 0) is 34.1 Å². The summed E-state index contributed by atoms with van der Waals surface area (Å²) in [6.45, 7) is 1.08. The molecule has 142 valence electrons. The Morgan fingerprint density at radius 1 is 1.21 bits per heavy atom. The summed E-state index contributed by atoms with van der Waals surface area (Å²) in [4.78, 5) is 21.4. The molecule has 0 saturated carbocycles. The number of carbonyl (C=O) groups excluding carboxylic acids is 1. The first-order valence-corrected chi connectivity index (χ1v) is 9.70. The van der Waals surface area contributed by atoms with Crippen LogP contribution < -0.4 is 14.5 Å². The second kappa shape index (κ2) is 5.91. The Morgan fingerprint density at radius 3 is 2.71 bits per heavy atom. The topological polar surface area (TPSA) is 45.7 Å². The third-order valence-corrected chi connectivity index (χ3v) is 6.40. The van der Waals surface area contributed by atoms with Gasteiger partial charge < -0.3 is 14.5 Å². The minimum absolute atomic E-state index is 0.0448. The number of rotatable bonds is 2. The molecule has 5 nitrogen and oxygen atoms in total. The van der Waals surface area contributed by atoms with Gasteiger partial charge >= 0.3 is 0 Å². The molecule has 1 spiro atoms. The number of likely N-dealkylation sites (N-methyl/N-ethyl adjacent to an activating group) is 1. The number of fused-ring (bicyclic) bond motifs is 4. The number of nitrogens with zero attached hydrogens (tertiary/aromatic N) is 3. The van der Waals surface area contributed by atoms with Crippen molar-refractivity contribution in [3.63, 3.8) is 0 Å². The van der Waals surface area contributed by atoms with Gasteiger partial charge in [0.05, 0.1) is 34.7 Å². The number of benzene rings is 2. The Kier molecular flexibility index (Phi) is 3.68. The van der Waals surface area contributed by atoms with Crippen molar-refractivity contribution >= 4 is 44.1 Å². The molecule has 28 heavy (non-hydrogen) atoms. The lowest BCUT2D eigenvalue weighted by Crippen LogP contribution is -2.64. The van der Waals surface area contributed by atoms with Crippen LogP contribution in [0, 0.1) is 5.82 Å². The van der Waals surface area contributed by atoms with E-state index in [4.69, 9.17) is 4.74 Å². The number of para-hydroxylation sites is 2. The lowest BCUT2D eigenvalue weighted by Gasteiger charge is -2.48. The number of carbonyl (C=O) groups is 1. The number of pyridine rings is 1. The first-order chi connectivity index (χ1) is 13.5. The zero-order chi connectivity index (χ0) is 19.6. The molecular formula is C21H17BrFN3O2. The maximum Gasteiger partial charge on any atom is 0.241 e. The van der Waals surface area contributed by atoms with Gasteiger partial charge in [0.25, 0.3) is 0 Å². The van der Waals surface area contributed by atoms with E-state index in [1.54, 1.807) is 31.3 Å². The standard InChI is InChI=1S/C21H17BrFN3O2/c1-25-17-9-24-15-8-14(23)13(22)7-12(15)19(17)21(20(25)27)10-26(11-21)16-5-3-4-6-18(16)28-2/h3-9H,10-11H2,1-2H3. The highest BCUT2D eigenvalue weighted by molar-refractivity contribution is 9.10. The Labute approximate surface area is 169 Å². The van der Waals surface area contributed by atoms with E-state index < -0.39 is 5.41 Å². The van der Waals surface area contributed by atoms with Crippen LogP contribution in [-0.4, -0.2) is 38.1 Å². The van der Waals surface area contributed by atoms with Gasteiger partial charge in [-0.15, -0.1) is 0 Å². The molecule has 0 unspecified atom stereocenters.